The van der Waals surface area contributed by atoms with Crippen molar-refractivity contribution in [2.75, 3.05) is 0 Å². The van der Waals surface area contributed by atoms with Crippen molar-refractivity contribution in [2.24, 2.45) is 5.92 Å². The van der Waals surface area contributed by atoms with Crippen molar-refractivity contribution in [3.63, 3.8) is 0 Å². The summed E-state index contributed by atoms with van der Waals surface area (Å²) >= 11 is 0. The zero-order chi connectivity index (χ0) is 15.6. The van der Waals surface area contributed by atoms with Gasteiger partial charge in [-0.2, -0.15) is 13.2 Å². The Bertz CT molecular complexity index is 328. The molecule has 1 aliphatic carbocycles. The summed E-state index contributed by atoms with van der Waals surface area (Å²) in [5.74, 6) is -1.30. The molecule has 6 heteroatoms. The van der Waals surface area contributed by atoms with Crippen molar-refractivity contribution in [1.29, 1.82) is 0 Å². The molecular formula is C14H25F3N2O. The zero-order valence-electron chi connectivity index (χ0n) is 12.6. The molecule has 20 heavy (non-hydrogen) atoms. The van der Waals surface area contributed by atoms with E-state index in [0.717, 1.165) is 0 Å². The van der Waals surface area contributed by atoms with Gasteiger partial charge in [0, 0.05) is 11.6 Å². The Balaban J connectivity index is 2.38. The van der Waals surface area contributed by atoms with Crippen LogP contribution in [0.15, 0.2) is 0 Å². The third kappa shape index (κ3) is 5.69. The smallest absolute Gasteiger partial charge is 0.350 e. The molecule has 0 bridgehead atoms. The van der Waals surface area contributed by atoms with Crippen LogP contribution in [0.5, 0.6) is 0 Å². The summed E-state index contributed by atoms with van der Waals surface area (Å²) in [6, 6.07) is -0.393. The van der Waals surface area contributed by atoms with Gasteiger partial charge in [0.1, 0.15) is 0 Å². The first-order valence-corrected chi connectivity index (χ1v) is 7.14. The maximum absolute atomic E-state index is 12.6. The minimum absolute atomic E-state index is 0.00526. The fourth-order valence-electron chi connectivity index (χ4n) is 2.49. The molecule has 0 spiro atoms. The lowest BCUT2D eigenvalue weighted by Gasteiger charge is -2.32. The highest BCUT2D eigenvalue weighted by Gasteiger charge is 2.41. The zero-order valence-corrected chi connectivity index (χ0v) is 12.6. The van der Waals surface area contributed by atoms with Gasteiger partial charge in [-0.25, -0.2) is 0 Å². The van der Waals surface area contributed by atoms with Gasteiger partial charge in [0.2, 0.25) is 5.91 Å². The van der Waals surface area contributed by atoms with Gasteiger partial charge in [0.05, 0.1) is 12.0 Å². The van der Waals surface area contributed by atoms with Gasteiger partial charge in [-0.15, -0.1) is 0 Å². The van der Waals surface area contributed by atoms with Crippen LogP contribution >= 0.6 is 0 Å². The van der Waals surface area contributed by atoms with E-state index < -0.39 is 12.1 Å². The van der Waals surface area contributed by atoms with E-state index in [1.165, 1.54) is 0 Å². The maximum Gasteiger partial charge on any atom is 0.391 e. The van der Waals surface area contributed by atoms with E-state index in [1.807, 2.05) is 20.8 Å². The summed E-state index contributed by atoms with van der Waals surface area (Å²) < 4.78 is 37.7. The average Bonchev–Trinajstić information content (AvgIpc) is 2.26. The summed E-state index contributed by atoms with van der Waals surface area (Å²) in [6.07, 6.45) is -2.85. The van der Waals surface area contributed by atoms with Gasteiger partial charge in [0.15, 0.2) is 0 Å². The first-order valence-electron chi connectivity index (χ1n) is 7.14. The molecule has 0 aliphatic heterocycles. The quantitative estimate of drug-likeness (QED) is 0.840. The molecule has 1 unspecified atom stereocenters. The van der Waals surface area contributed by atoms with E-state index in [9.17, 15) is 18.0 Å². The average molecular weight is 294 g/mol. The van der Waals surface area contributed by atoms with Crippen LogP contribution in [-0.2, 0) is 4.79 Å². The van der Waals surface area contributed by atoms with Crippen LogP contribution in [-0.4, -0.2) is 29.7 Å². The van der Waals surface area contributed by atoms with Gasteiger partial charge >= 0.3 is 6.18 Å². The van der Waals surface area contributed by atoms with Crippen molar-refractivity contribution < 1.29 is 18.0 Å². The Kier molecular flexibility index (Phi) is 5.46. The molecule has 0 saturated heterocycles. The molecule has 0 radical (unpaired) electrons. The number of carbonyl (C=O) groups excluding carboxylic acids is 1. The number of carbonyl (C=O) groups is 1. The minimum atomic E-state index is -4.08. The highest BCUT2D eigenvalue weighted by atomic mass is 19.4. The van der Waals surface area contributed by atoms with E-state index >= 15 is 0 Å². The fraction of sp³-hybridized carbons (Fsp3) is 0.929. The lowest BCUT2D eigenvalue weighted by atomic mass is 9.85. The van der Waals surface area contributed by atoms with E-state index in [-0.39, 0.29) is 36.4 Å². The SMILES string of the molecule is CC(NC1CCC(C(F)(F)F)CC1)C(=O)NC(C)(C)C. The summed E-state index contributed by atoms with van der Waals surface area (Å²) in [5.41, 5.74) is -0.305. The van der Waals surface area contributed by atoms with Gasteiger partial charge in [-0.1, -0.05) is 0 Å². The Labute approximate surface area is 118 Å². The fourth-order valence-corrected chi connectivity index (χ4v) is 2.49. The maximum atomic E-state index is 12.6. The topological polar surface area (TPSA) is 41.1 Å². The Morgan fingerprint density at radius 1 is 1.10 bits per heavy atom. The summed E-state index contributed by atoms with van der Waals surface area (Å²) in [5, 5.41) is 5.99. The lowest BCUT2D eigenvalue weighted by molar-refractivity contribution is -0.182. The Morgan fingerprint density at radius 3 is 2.00 bits per heavy atom. The van der Waals surface area contributed by atoms with Crippen LogP contribution < -0.4 is 10.6 Å². The largest absolute Gasteiger partial charge is 0.391 e. The standard InChI is InChI=1S/C14H25F3N2O/c1-9(12(20)19-13(2,3)4)18-11-7-5-10(6-8-11)14(15,16)17/h9-11,18H,5-8H2,1-4H3,(H,19,20). The molecule has 0 aromatic carbocycles. The number of alkyl halides is 3. The van der Waals surface area contributed by atoms with E-state index in [4.69, 9.17) is 0 Å². The van der Waals surface area contributed by atoms with Gasteiger partial charge in [0.25, 0.3) is 0 Å². The van der Waals surface area contributed by atoms with E-state index in [2.05, 4.69) is 10.6 Å². The first-order chi connectivity index (χ1) is 8.99. The molecule has 0 aromatic heterocycles. The summed E-state index contributed by atoms with van der Waals surface area (Å²) in [6.45, 7) is 7.43. The van der Waals surface area contributed by atoms with E-state index in [1.54, 1.807) is 6.92 Å². The molecule has 1 aliphatic rings. The molecule has 1 fully saturated rings. The molecule has 1 atom stereocenters. The van der Waals surface area contributed by atoms with Crippen LogP contribution in [0.3, 0.4) is 0 Å². The molecule has 2 N–H and O–H groups in total. The predicted octanol–water partition coefficient (Wildman–Crippen LogP) is 3.00. The number of nitrogens with one attached hydrogen (secondary N) is 2. The normalized spacial score (nSPS) is 26.1. The highest BCUT2D eigenvalue weighted by Crippen LogP contribution is 2.37. The molecule has 118 valence electrons. The second-order valence-electron chi connectivity index (χ2n) is 6.72. The van der Waals surface area contributed by atoms with Crippen molar-refractivity contribution in [3.05, 3.63) is 0 Å². The third-order valence-electron chi connectivity index (χ3n) is 3.57. The van der Waals surface area contributed by atoms with Crippen LogP contribution in [0.4, 0.5) is 13.2 Å². The molecule has 1 rings (SSSR count). The van der Waals surface area contributed by atoms with Gasteiger partial charge < -0.3 is 10.6 Å². The van der Waals surface area contributed by atoms with Gasteiger partial charge in [-0.05, 0) is 53.4 Å². The first kappa shape index (κ1) is 17.3. The summed E-state index contributed by atoms with van der Waals surface area (Å²) in [4.78, 5) is 11.9. The van der Waals surface area contributed by atoms with Crippen molar-refractivity contribution >= 4 is 5.91 Å². The minimum Gasteiger partial charge on any atom is -0.350 e. The third-order valence-corrected chi connectivity index (χ3v) is 3.57. The van der Waals surface area contributed by atoms with Crippen molar-refractivity contribution in [2.45, 2.75) is 77.2 Å². The highest BCUT2D eigenvalue weighted by molar-refractivity contribution is 5.81. The number of hydrogen-bond donors (Lipinski definition) is 2. The van der Waals surface area contributed by atoms with Crippen molar-refractivity contribution in [1.82, 2.24) is 10.6 Å². The molecular weight excluding hydrogens is 269 g/mol. The van der Waals surface area contributed by atoms with Crippen LogP contribution in [0, 0.1) is 5.92 Å². The van der Waals surface area contributed by atoms with Gasteiger partial charge in [-0.3, -0.25) is 4.79 Å². The number of hydrogen-bond acceptors (Lipinski definition) is 2. The second kappa shape index (κ2) is 6.33. The van der Waals surface area contributed by atoms with Crippen LogP contribution in [0.1, 0.15) is 53.4 Å². The second-order valence-corrected chi connectivity index (χ2v) is 6.72. The molecule has 0 aromatic rings. The number of amides is 1. The number of rotatable bonds is 3. The summed E-state index contributed by atoms with van der Waals surface area (Å²) in [7, 11) is 0. The predicted molar refractivity (Wildman–Crippen MR) is 72.3 cm³/mol. The molecule has 3 nitrogen and oxygen atoms in total. The molecule has 1 amide bonds. The van der Waals surface area contributed by atoms with Crippen molar-refractivity contribution in [3.8, 4) is 0 Å². The van der Waals surface area contributed by atoms with Crippen LogP contribution in [0.25, 0.3) is 0 Å². The van der Waals surface area contributed by atoms with E-state index in [0.29, 0.717) is 12.8 Å². The lowest BCUT2D eigenvalue weighted by Crippen LogP contribution is -2.52. The Hall–Kier alpha value is -0.780. The van der Waals surface area contributed by atoms with Crippen LogP contribution in [0.2, 0.25) is 0 Å². The molecule has 1 saturated carbocycles. The number of halogens is 3. The Morgan fingerprint density at radius 2 is 1.60 bits per heavy atom. The molecule has 0 heterocycles. The monoisotopic (exact) mass is 294 g/mol.